The number of benzene rings is 3. The van der Waals surface area contributed by atoms with E-state index in [1.54, 1.807) is 61.5 Å². The smallest absolute Gasteiger partial charge is 0.264 e. The molecule has 0 aliphatic rings. The average Bonchev–Trinajstić information content (AvgIpc) is 2.94. The van der Waals surface area contributed by atoms with Gasteiger partial charge in [-0.25, -0.2) is 8.42 Å². The summed E-state index contributed by atoms with van der Waals surface area (Å²) in [6, 6.07) is 18.3. The van der Waals surface area contributed by atoms with Gasteiger partial charge < -0.3 is 19.7 Å². The van der Waals surface area contributed by atoms with Crippen LogP contribution >= 0.6 is 11.6 Å². The Kier molecular flexibility index (Phi) is 10.4. The summed E-state index contributed by atoms with van der Waals surface area (Å²) in [5, 5.41) is 3.24. The maximum Gasteiger partial charge on any atom is 0.264 e. The van der Waals surface area contributed by atoms with Crippen LogP contribution in [0.15, 0.2) is 77.7 Å². The molecule has 3 aromatic carbocycles. The van der Waals surface area contributed by atoms with Crippen molar-refractivity contribution in [3.8, 4) is 11.5 Å². The van der Waals surface area contributed by atoms with Gasteiger partial charge in [-0.05, 0) is 56.7 Å². The van der Waals surface area contributed by atoms with Gasteiger partial charge in [-0.15, -0.1) is 0 Å². The summed E-state index contributed by atoms with van der Waals surface area (Å²) in [4.78, 5) is 28.4. The van der Waals surface area contributed by atoms with Crippen LogP contribution in [-0.4, -0.2) is 58.0 Å². The number of nitrogens with zero attached hydrogens (tertiary/aromatic N) is 2. The lowest BCUT2D eigenvalue weighted by atomic mass is 10.1. The number of carbonyl (C=O) groups excluding carboxylic acids is 2. The monoisotopic (exact) mass is 587 g/mol. The molecule has 3 aromatic rings. The highest BCUT2D eigenvalue weighted by Gasteiger charge is 2.34. The van der Waals surface area contributed by atoms with Crippen molar-refractivity contribution in [2.45, 2.75) is 44.3 Å². The maximum atomic E-state index is 14.0. The maximum absolute atomic E-state index is 14.0. The van der Waals surface area contributed by atoms with Gasteiger partial charge in [0.1, 0.15) is 24.1 Å². The molecule has 3 rings (SSSR count). The summed E-state index contributed by atoms with van der Waals surface area (Å²) in [6.07, 6.45) is 0. The molecule has 0 aliphatic carbocycles. The van der Waals surface area contributed by atoms with E-state index in [1.807, 2.05) is 13.8 Å². The van der Waals surface area contributed by atoms with Crippen molar-refractivity contribution in [1.29, 1.82) is 0 Å². The first-order chi connectivity index (χ1) is 19.0. The van der Waals surface area contributed by atoms with Crippen molar-refractivity contribution in [2.24, 2.45) is 0 Å². The molecule has 0 saturated carbocycles. The first-order valence-electron chi connectivity index (χ1n) is 12.6. The minimum Gasteiger partial charge on any atom is -0.497 e. The van der Waals surface area contributed by atoms with Crippen LogP contribution < -0.4 is 19.1 Å². The third kappa shape index (κ3) is 7.25. The summed E-state index contributed by atoms with van der Waals surface area (Å²) in [7, 11) is -1.41. The number of hydrogen-bond acceptors (Lipinski definition) is 6. The van der Waals surface area contributed by atoms with Crippen molar-refractivity contribution in [3.05, 3.63) is 83.4 Å². The van der Waals surface area contributed by atoms with E-state index < -0.39 is 28.5 Å². The van der Waals surface area contributed by atoms with Crippen LogP contribution in [-0.2, 0) is 26.2 Å². The molecule has 9 nitrogen and oxygen atoms in total. The second-order valence-electron chi connectivity index (χ2n) is 9.31. The van der Waals surface area contributed by atoms with E-state index in [4.69, 9.17) is 21.1 Å². The van der Waals surface area contributed by atoms with E-state index in [1.165, 1.54) is 37.3 Å². The van der Waals surface area contributed by atoms with Crippen LogP contribution in [0.2, 0.25) is 5.02 Å². The highest BCUT2D eigenvalue weighted by Crippen LogP contribution is 2.36. The molecule has 0 saturated heterocycles. The molecule has 0 bridgehead atoms. The van der Waals surface area contributed by atoms with E-state index in [0.717, 1.165) is 4.31 Å². The Balaban J connectivity index is 2.12. The zero-order valence-electron chi connectivity index (χ0n) is 23.1. The number of hydrogen-bond donors (Lipinski definition) is 1. The molecule has 0 radical (unpaired) electrons. The van der Waals surface area contributed by atoms with Crippen LogP contribution in [0.25, 0.3) is 0 Å². The van der Waals surface area contributed by atoms with Crippen LogP contribution in [0.1, 0.15) is 26.3 Å². The van der Waals surface area contributed by atoms with Crippen LogP contribution in [0, 0.1) is 0 Å². The van der Waals surface area contributed by atoms with Crippen LogP contribution in [0.3, 0.4) is 0 Å². The van der Waals surface area contributed by atoms with Gasteiger partial charge in [-0.2, -0.15) is 0 Å². The molecule has 11 heteroatoms. The van der Waals surface area contributed by atoms with Crippen molar-refractivity contribution in [3.63, 3.8) is 0 Å². The molecule has 0 fully saturated rings. The van der Waals surface area contributed by atoms with Gasteiger partial charge >= 0.3 is 0 Å². The zero-order chi connectivity index (χ0) is 29.4. The first-order valence-corrected chi connectivity index (χ1v) is 14.4. The lowest BCUT2D eigenvalue weighted by molar-refractivity contribution is -0.139. The summed E-state index contributed by atoms with van der Waals surface area (Å²) in [5.41, 5.74) is 0.717. The predicted molar refractivity (Wildman–Crippen MR) is 155 cm³/mol. The zero-order valence-corrected chi connectivity index (χ0v) is 24.7. The molecule has 1 unspecified atom stereocenters. The number of nitrogens with one attached hydrogen (secondary N) is 1. The minimum absolute atomic E-state index is 0.0142. The third-order valence-corrected chi connectivity index (χ3v) is 8.30. The summed E-state index contributed by atoms with van der Waals surface area (Å²) >= 11 is 6.39. The average molecular weight is 588 g/mol. The Morgan fingerprint density at radius 2 is 1.57 bits per heavy atom. The van der Waals surface area contributed by atoms with Crippen molar-refractivity contribution in [2.75, 3.05) is 25.1 Å². The molecular formula is C29H34ClN3O6S. The summed E-state index contributed by atoms with van der Waals surface area (Å²) < 4.78 is 39.7. The molecule has 214 valence electrons. The second-order valence-corrected chi connectivity index (χ2v) is 11.6. The normalized spacial score (nSPS) is 12.0. The van der Waals surface area contributed by atoms with Gasteiger partial charge in [0.15, 0.2) is 0 Å². The number of rotatable bonds is 12. The van der Waals surface area contributed by atoms with Gasteiger partial charge in [0.05, 0.1) is 24.8 Å². The number of ether oxygens (including phenoxy) is 2. The largest absolute Gasteiger partial charge is 0.497 e. The molecular weight excluding hydrogens is 554 g/mol. The topological polar surface area (TPSA) is 105 Å². The number of carbonyl (C=O) groups is 2. The standard InChI is InChI=1S/C29H34ClN3O6S/c1-20(2)31-29(35)21(3)32(18-22-11-9-10-14-25(22)30)28(34)19-33(40(36,37)24-12-7-6-8-13-24)26-17-23(38-4)15-16-27(26)39-5/h6-17,20-21H,18-19H2,1-5H3,(H,31,35). The van der Waals surface area contributed by atoms with Gasteiger partial charge in [0, 0.05) is 23.7 Å². The van der Waals surface area contributed by atoms with E-state index >= 15 is 0 Å². The van der Waals surface area contributed by atoms with Crippen molar-refractivity contribution in [1.82, 2.24) is 10.2 Å². The Bertz CT molecular complexity index is 1430. The SMILES string of the molecule is COc1ccc(OC)c(N(CC(=O)N(Cc2ccccc2Cl)C(C)C(=O)NC(C)C)S(=O)(=O)c2ccccc2)c1. The van der Waals surface area contributed by atoms with E-state index in [-0.39, 0.29) is 34.8 Å². The fraction of sp³-hybridized carbons (Fsp3) is 0.310. The van der Waals surface area contributed by atoms with Crippen molar-refractivity contribution >= 4 is 39.1 Å². The Hall–Kier alpha value is -3.76. The summed E-state index contributed by atoms with van der Waals surface area (Å²) in [6.45, 7) is 4.58. The summed E-state index contributed by atoms with van der Waals surface area (Å²) in [5.74, 6) is -0.409. The molecule has 0 aliphatic heterocycles. The highest BCUT2D eigenvalue weighted by molar-refractivity contribution is 7.92. The molecule has 1 N–H and O–H groups in total. The van der Waals surface area contributed by atoms with E-state index in [9.17, 15) is 18.0 Å². The minimum atomic E-state index is -4.26. The molecule has 1 atom stereocenters. The lowest BCUT2D eigenvalue weighted by Crippen LogP contribution is -2.52. The van der Waals surface area contributed by atoms with Gasteiger partial charge in [0.25, 0.3) is 10.0 Å². The fourth-order valence-electron chi connectivity index (χ4n) is 4.02. The lowest BCUT2D eigenvalue weighted by Gasteiger charge is -2.33. The first kappa shape index (κ1) is 30.8. The van der Waals surface area contributed by atoms with Crippen LogP contribution in [0.5, 0.6) is 11.5 Å². The molecule has 0 spiro atoms. The third-order valence-electron chi connectivity index (χ3n) is 6.16. The molecule has 0 aromatic heterocycles. The van der Waals surface area contributed by atoms with E-state index in [2.05, 4.69) is 5.32 Å². The van der Waals surface area contributed by atoms with Gasteiger partial charge in [-0.1, -0.05) is 48.0 Å². The number of amides is 2. The van der Waals surface area contributed by atoms with Gasteiger partial charge in [0.2, 0.25) is 11.8 Å². The number of anilines is 1. The highest BCUT2D eigenvalue weighted by atomic mass is 35.5. The number of halogens is 1. The molecule has 2 amide bonds. The number of sulfonamides is 1. The Morgan fingerprint density at radius 1 is 0.925 bits per heavy atom. The van der Waals surface area contributed by atoms with Crippen LogP contribution in [0.4, 0.5) is 5.69 Å². The fourth-order valence-corrected chi connectivity index (χ4v) is 5.66. The quantitative estimate of drug-likeness (QED) is 0.335. The predicted octanol–water partition coefficient (Wildman–Crippen LogP) is 4.49. The Labute approximate surface area is 240 Å². The number of methoxy groups -OCH3 is 2. The molecule has 40 heavy (non-hydrogen) atoms. The van der Waals surface area contributed by atoms with Gasteiger partial charge in [-0.3, -0.25) is 13.9 Å². The second kappa shape index (κ2) is 13.5. The Morgan fingerprint density at radius 3 is 2.17 bits per heavy atom. The van der Waals surface area contributed by atoms with Crippen molar-refractivity contribution < 1.29 is 27.5 Å². The molecule has 0 heterocycles. The van der Waals surface area contributed by atoms with E-state index in [0.29, 0.717) is 16.3 Å².